The first kappa shape index (κ1) is 15.2. The highest BCUT2D eigenvalue weighted by Crippen LogP contribution is 2.01. The molecule has 0 amide bonds. The van der Waals surface area contributed by atoms with Crippen LogP contribution in [0.3, 0.4) is 0 Å². The van der Waals surface area contributed by atoms with Crippen LogP contribution in [0.4, 0.5) is 0 Å². The maximum atomic E-state index is 9.82. The van der Waals surface area contributed by atoms with Crippen molar-refractivity contribution < 1.29 is 14.7 Å². The Morgan fingerprint density at radius 2 is 1.50 bits per heavy atom. The van der Waals surface area contributed by atoms with Crippen molar-refractivity contribution in [1.29, 1.82) is 0 Å². The van der Waals surface area contributed by atoms with Gasteiger partial charge in [0.05, 0.1) is 6.61 Å². The Labute approximate surface area is 97.2 Å². The van der Waals surface area contributed by atoms with Crippen molar-refractivity contribution in [1.82, 2.24) is 0 Å². The summed E-state index contributed by atoms with van der Waals surface area (Å²) in [6.45, 7) is 4.05. The number of nitrogens with zero attached hydrogens (tertiary/aromatic N) is 1. The number of hydrogen-bond donors (Lipinski definition) is 0. The molecule has 0 spiro atoms. The van der Waals surface area contributed by atoms with E-state index in [1.165, 1.54) is 12.8 Å². The number of hydrogen-bond acceptors (Lipinski definition) is 4. The van der Waals surface area contributed by atoms with Gasteiger partial charge in [0.1, 0.15) is 0 Å². The van der Waals surface area contributed by atoms with Gasteiger partial charge in [-0.2, -0.15) is 0 Å². The molecule has 0 fully saturated rings. The lowest BCUT2D eigenvalue weighted by molar-refractivity contribution is -0.757. The number of rotatable bonds is 12. The van der Waals surface area contributed by atoms with Crippen LogP contribution in [-0.4, -0.2) is 24.9 Å². The minimum Gasteiger partial charge on any atom is -0.381 e. The molecule has 0 bridgehead atoms. The molecule has 0 radical (unpaired) electrons. The summed E-state index contributed by atoms with van der Waals surface area (Å²) in [5.74, 6) is 0. The molecule has 0 saturated carbocycles. The van der Waals surface area contributed by atoms with E-state index in [1.54, 1.807) is 0 Å². The van der Waals surface area contributed by atoms with Gasteiger partial charge in [0.25, 0.3) is 5.09 Å². The quantitative estimate of drug-likeness (QED) is 0.295. The Morgan fingerprint density at radius 3 is 2.06 bits per heavy atom. The second-order valence-electron chi connectivity index (χ2n) is 3.79. The zero-order valence-electron chi connectivity index (χ0n) is 10.2. The van der Waals surface area contributed by atoms with E-state index in [-0.39, 0.29) is 6.61 Å². The Kier molecular flexibility index (Phi) is 11.6. The molecular formula is C11H23NO4. The third-order valence-corrected chi connectivity index (χ3v) is 2.27. The fraction of sp³-hybridized carbons (Fsp3) is 1.00. The lowest BCUT2D eigenvalue weighted by atomic mass is 10.2. The SMILES string of the molecule is CCCCCOCCCCCCO[N+](=O)[O-]. The molecule has 0 aromatic rings. The summed E-state index contributed by atoms with van der Waals surface area (Å²) in [6.07, 6.45) is 7.40. The molecule has 0 rings (SSSR count). The highest BCUT2D eigenvalue weighted by Gasteiger charge is 1.95. The third-order valence-electron chi connectivity index (χ3n) is 2.27. The van der Waals surface area contributed by atoms with Crippen LogP contribution in [0.1, 0.15) is 51.9 Å². The molecule has 0 aromatic carbocycles. The molecule has 0 atom stereocenters. The van der Waals surface area contributed by atoms with E-state index in [0.29, 0.717) is 0 Å². The molecule has 96 valence electrons. The summed E-state index contributed by atoms with van der Waals surface area (Å²) in [4.78, 5) is 14.0. The molecule has 5 heteroatoms. The molecule has 0 saturated heterocycles. The van der Waals surface area contributed by atoms with Crippen LogP contribution in [0.2, 0.25) is 0 Å². The smallest absolute Gasteiger partial charge is 0.294 e. The van der Waals surface area contributed by atoms with Crippen molar-refractivity contribution in [2.45, 2.75) is 51.9 Å². The van der Waals surface area contributed by atoms with Crippen LogP contribution in [0, 0.1) is 10.1 Å². The summed E-state index contributed by atoms with van der Waals surface area (Å²) < 4.78 is 5.44. The minimum atomic E-state index is -0.739. The molecule has 0 unspecified atom stereocenters. The van der Waals surface area contributed by atoms with E-state index >= 15 is 0 Å². The van der Waals surface area contributed by atoms with Crippen LogP contribution in [-0.2, 0) is 9.57 Å². The predicted octanol–water partition coefficient (Wildman–Crippen LogP) is 2.96. The van der Waals surface area contributed by atoms with Crippen LogP contribution in [0.25, 0.3) is 0 Å². The number of unbranched alkanes of at least 4 members (excludes halogenated alkanes) is 5. The molecule has 0 N–H and O–H groups in total. The fourth-order valence-electron chi connectivity index (χ4n) is 1.36. The van der Waals surface area contributed by atoms with Gasteiger partial charge in [-0.25, -0.2) is 0 Å². The molecule has 0 aliphatic heterocycles. The van der Waals surface area contributed by atoms with Crippen molar-refractivity contribution >= 4 is 0 Å². The van der Waals surface area contributed by atoms with Crippen LogP contribution in [0.15, 0.2) is 0 Å². The highest BCUT2D eigenvalue weighted by molar-refractivity contribution is 4.42. The van der Waals surface area contributed by atoms with Crippen LogP contribution >= 0.6 is 0 Å². The van der Waals surface area contributed by atoms with Gasteiger partial charge in [-0.15, -0.1) is 10.1 Å². The monoisotopic (exact) mass is 233 g/mol. The van der Waals surface area contributed by atoms with Gasteiger partial charge in [-0.05, 0) is 19.3 Å². The largest absolute Gasteiger partial charge is 0.381 e. The Hall–Kier alpha value is -0.840. The first-order valence-electron chi connectivity index (χ1n) is 6.12. The summed E-state index contributed by atoms with van der Waals surface area (Å²) in [6, 6.07) is 0. The van der Waals surface area contributed by atoms with E-state index in [1.807, 2.05) is 0 Å². The van der Waals surface area contributed by atoms with Crippen LogP contribution < -0.4 is 0 Å². The minimum absolute atomic E-state index is 0.213. The Bertz CT molecular complexity index is 164. The molecule has 0 aromatic heterocycles. The molecule has 16 heavy (non-hydrogen) atoms. The van der Waals surface area contributed by atoms with E-state index in [2.05, 4.69) is 11.8 Å². The second kappa shape index (κ2) is 12.2. The number of ether oxygens (including phenoxy) is 1. The van der Waals surface area contributed by atoms with Gasteiger partial charge >= 0.3 is 0 Å². The predicted molar refractivity (Wildman–Crippen MR) is 61.8 cm³/mol. The fourth-order valence-corrected chi connectivity index (χ4v) is 1.36. The van der Waals surface area contributed by atoms with E-state index in [0.717, 1.165) is 45.3 Å². The van der Waals surface area contributed by atoms with E-state index in [9.17, 15) is 10.1 Å². The second-order valence-corrected chi connectivity index (χ2v) is 3.79. The highest BCUT2D eigenvalue weighted by atomic mass is 16.9. The molecule has 0 heterocycles. The first-order chi connectivity index (χ1) is 7.77. The average Bonchev–Trinajstić information content (AvgIpc) is 2.25. The standard InChI is InChI=1S/C11H23NO4/c1-2-3-6-9-15-10-7-4-5-8-11-16-12(13)14/h2-11H2,1H3. The van der Waals surface area contributed by atoms with Gasteiger partial charge in [0.15, 0.2) is 0 Å². The van der Waals surface area contributed by atoms with Gasteiger partial charge < -0.3 is 9.57 Å². The van der Waals surface area contributed by atoms with Gasteiger partial charge in [0, 0.05) is 13.2 Å². The topological polar surface area (TPSA) is 61.6 Å². The summed E-state index contributed by atoms with van der Waals surface area (Å²) in [5, 5.41) is 9.08. The normalized spacial score (nSPS) is 10.3. The van der Waals surface area contributed by atoms with Gasteiger partial charge in [-0.1, -0.05) is 32.6 Å². The van der Waals surface area contributed by atoms with Crippen LogP contribution in [0.5, 0.6) is 0 Å². The lowest BCUT2D eigenvalue weighted by Crippen LogP contribution is -2.02. The summed E-state index contributed by atoms with van der Waals surface area (Å²) in [7, 11) is 0. The van der Waals surface area contributed by atoms with Crippen molar-refractivity contribution in [3.8, 4) is 0 Å². The maximum absolute atomic E-state index is 9.82. The van der Waals surface area contributed by atoms with Gasteiger partial charge in [0.2, 0.25) is 0 Å². The molecule has 0 aliphatic rings. The molecule has 5 nitrogen and oxygen atoms in total. The lowest BCUT2D eigenvalue weighted by Gasteiger charge is -2.03. The summed E-state index contributed by atoms with van der Waals surface area (Å²) >= 11 is 0. The zero-order chi connectivity index (χ0) is 12.1. The average molecular weight is 233 g/mol. The van der Waals surface area contributed by atoms with Crippen molar-refractivity contribution in [3.05, 3.63) is 10.1 Å². The van der Waals surface area contributed by atoms with E-state index in [4.69, 9.17) is 4.74 Å². The zero-order valence-corrected chi connectivity index (χ0v) is 10.2. The van der Waals surface area contributed by atoms with Gasteiger partial charge in [-0.3, -0.25) is 0 Å². The van der Waals surface area contributed by atoms with Crippen molar-refractivity contribution in [3.63, 3.8) is 0 Å². The molecular weight excluding hydrogens is 210 g/mol. The summed E-state index contributed by atoms with van der Waals surface area (Å²) in [5.41, 5.74) is 0. The molecule has 0 aliphatic carbocycles. The van der Waals surface area contributed by atoms with Crippen molar-refractivity contribution in [2.75, 3.05) is 19.8 Å². The van der Waals surface area contributed by atoms with Crippen molar-refractivity contribution in [2.24, 2.45) is 0 Å². The Morgan fingerprint density at radius 1 is 0.938 bits per heavy atom. The third kappa shape index (κ3) is 13.2. The maximum Gasteiger partial charge on any atom is 0.294 e. The van der Waals surface area contributed by atoms with E-state index < -0.39 is 5.09 Å². The first-order valence-corrected chi connectivity index (χ1v) is 6.12. The Balaban J connectivity index is 2.90.